The molecule has 3 aromatic rings. The molecular weight excluding hydrogens is 676 g/mol. The van der Waals surface area contributed by atoms with Gasteiger partial charge in [0, 0.05) is 10.8 Å². The Morgan fingerprint density at radius 3 is 1.18 bits per heavy atom. The molecule has 0 N–H and O–H groups in total. The molecule has 3 rings (SSSR count). The Morgan fingerprint density at radius 2 is 0.864 bits per heavy atom. The highest BCUT2D eigenvalue weighted by atomic mass is 80.0. The number of pyridine rings is 2. The Kier molecular flexibility index (Phi) is 5.10. The molecule has 8 heteroatoms. The maximum atomic E-state index is 4.75. The molecule has 0 fully saturated rings. The number of rotatable bonds is 0. The van der Waals surface area contributed by atoms with Crippen molar-refractivity contribution >= 4 is 117 Å². The lowest BCUT2D eigenvalue weighted by Crippen LogP contribution is -2.04. The van der Waals surface area contributed by atoms with E-state index >= 15 is 0 Å². The summed E-state index contributed by atoms with van der Waals surface area (Å²) in [5, 5.41) is 2.09. The van der Waals surface area contributed by atoms with Gasteiger partial charge in [-0.1, -0.05) is 120 Å². The quantitative estimate of drug-likeness (QED) is 0.183. The van der Waals surface area contributed by atoms with Crippen LogP contribution in [-0.2, 0) is 4.29 Å². The molecule has 2 aromatic heterocycles. The van der Waals surface area contributed by atoms with Crippen LogP contribution in [0.5, 0.6) is 0 Å². The van der Waals surface area contributed by atoms with Gasteiger partial charge in [0.2, 0.25) is 0 Å². The molecule has 0 aliphatic heterocycles. The zero-order chi connectivity index (χ0) is 16.1. The molecule has 0 radical (unpaired) electrons. The number of alkyl halides is 6. The third kappa shape index (κ3) is 3.61. The van der Waals surface area contributed by atoms with E-state index in [-0.39, 0.29) is 0 Å². The van der Waals surface area contributed by atoms with E-state index in [1.807, 2.05) is 24.3 Å². The summed E-state index contributed by atoms with van der Waals surface area (Å²) in [4.78, 5) is 9.50. The summed E-state index contributed by atoms with van der Waals surface area (Å²) < 4.78 is -1.10. The third-order valence-corrected chi connectivity index (χ3v) is 5.54. The smallest absolute Gasteiger partial charge is 0.176 e. The monoisotopic (exact) mass is 676 g/mol. The summed E-state index contributed by atoms with van der Waals surface area (Å²) in [6.07, 6.45) is 0. The molecule has 0 saturated heterocycles. The van der Waals surface area contributed by atoms with E-state index in [2.05, 4.69) is 108 Å². The molecule has 0 aliphatic carbocycles. The van der Waals surface area contributed by atoms with Gasteiger partial charge in [0.15, 0.2) is 4.29 Å². The van der Waals surface area contributed by atoms with Crippen molar-refractivity contribution in [1.29, 1.82) is 0 Å². The predicted octanol–water partition coefficient (Wildman–Crippen LogP) is 7.37. The van der Waals surface area contributed by atoms with E-state index in [9.17, 15) is 0 Å². The number of hydrogen-bond acceptors (Lipinski definition) is 2. The molecule has 0 aliphatic rings. The first kappa shape index (κ1) is 17.7. The zero-order valence-corrected chi connectivity index (χ0v) is 20.1. The van der Waals surface area contributed by atoms with Crippen LogP contribution in [0.3, 0.4) is 0 Å². The standard InChI is InChI=1S/C14H6Br6N2/c15-13(16,17)9-5-3-7-1-2-8-4-6-10(14(18,19)20)22-12(8)11(7)21-9/h1-6H. The molecule has 1 aromatic carbocycles. The lowest BCUT2D eigenvalue weighted by molar-refractivity contribution is 1.17. The molecular formula is C14H6Br6N2. The van der Waals surface area contributed by atoms with Gasteiger partial charge in [0.05, 0.1) is 22.4 Å². The van der Waals surface area contributed by atoms with Gasteiger partial charge < -0.3 is 0 Å². The number of fused-ring (bicyclic) bond motifs is 3. The van der Waals surface area contributed by atoms with Crippen molar-refractivity contribution < 1.29 is 0 Å². The summed E-state index contributed by atoms with van der Waals surface area (Å²) in [5.41, 5.74) is 3.36. The minimum absolute atomic E-state index is 0.551. The van der Waals surface area contributed by atoms with Gasteiger partial charge in [-0.15, -0.1) is 0 Å². The number of hydrogen-bond donors (Lipinski definition) is 0. The van der Waals surface area contributed by atoms with Crippen molar-refractivity contribution in [2.75, 3.05) is 0 Å². The second-order valence-electron chi connectivity index (χ2n) is 4.60. The minimum atomic E-state index is -0.551. The first-order valence-corrected chi connectivity index (χ1v) is 10.8. The number of nitrogens with zero attached hydrogens (tertiary/aromatic N) is 2. The highest BCUT2D eigenvalue weighted by molar-refractivity contribution is 9.39. The van der Waals surface area contributed by atoms with Crippen LogP contribution in [0, 0.1) is 0 Å². The molecule has 0 amide bonds. The normalized spacial score (nSPS) is 13.0. The fourth-order valence-electron chi connectivity index (χ4n) is 2.08. The fraction of sp³-hybridized carbons (Fsp3) is 0.143. The molecule has 22 heavy (non-hydrogen) atoms. The molecule has 0 unspecified atom stereocenters. The Morgan fingerprint density at radius 1 is 0.545 bits per heavy atom. The van der Waals surface area contributed by atoms with E-state index in [0.717, 1.165) is 33.2 Å². The summed E-state index contributed by atoms with van der Waals surface area (Å²) in [7, 11) is 0. The van der Waals surface area contributed by atoms with Crippen LogP contribution in [0.4, 0.5) is 0 Å². The predicted molar refractivity (Wildman–Crippen MR) is 114 cm³/mol. The van der Waals surface area contributed by atoms with Gasteiger partial charge >= 0.3 is 0 Å². The first-order chi connectivity index (χ1) is 10.2. The van der Waals surface area contributed by atoms with Gasteiger partial charge in [-0.25, -0.2) is 9.97 Å². The van der Waals surface area contributed by atoms with Crippen molar-refractivity contribution in [3.8, 4) is 0 Å². The van der Waals surface area contributed by atoms with Crippen LogP contribution in [0.2, 0.25) is 0 Å². The minimum Gasteiger partial charge on any atom is -0.247 e. The maximum Gasteiger partial charge on any atom is 0.176 e. The number of aromatic nitrogens is 2. The fourth-order valence-corrected chi connectivity index (χ4v) is 3.41. The Labute approximate surface area is 177 Å². The van der Waals surface area contributed by atoms with Gasteiger partial charge in [-0.2, -0.15) is 0 Å². The van der Waals surface area contributed by atoms with Crippen LogP contribution in [0.1, 0.15) is 11.4 Å². The summed E-state index contributed by atoms with van der Waals surface area (Å²) in [5.74, 6) is 0. The van der Waals surface area contributed by atoms with Gasteiger partial charge in [-0.3, -0.25) is 0 Å². The summed E-state index contributed by atoms with van der Waals surface area (Å²) in [6, 6.07) is 12.1. The lowest BCUT2D eigenvalue weighted by atomic mass is 10.1. The zero-order valence-electron chi connectivity index (χ0n) is 10.6. The molecule has 0 atom stereocenters. The topological polar surface area (TPSA) is 25.8 Å². The van der Waals surface area contributed by atoms with Crippen LogP contribution in [0.15, 0.2) is 36.4 Å². The maximum absolute atomic E-state index is 4.75. The third-order valence-electron chi connectivity index (χ3n) is 3.10. The average Bonchev–Trinajstić information content (AvgIpc) is 2.44. The largest absolute Gasteiger partial charge is 0.247 e. The highest BCUT2D eigenvalue weighted by Crippen LogP contribution is 2.45. The van der Waals surface area contributed by atoms with E-state index in [0.29, 0.717) is 0 Å². The van der Waals surface area contributed by atoms with Crippen molar-refractivity contribution in [3.63, 3.8) is 0 Å². The van der Waals surface area contributed by atoms with E-state index < -0.39 is 4.29 Å². The average molecular weight is 682 g/mol. The van der Waals surface area contributed by atoms with E-state index in [4.69, 9.17) is 9.97 Å². The molecule has 2 nitrogen and oxygen atoms in total. The molecule has 0 spiro atoms. The highest BCUT2D eigenvalue weighted by Gasteiger charge is 2.25. The second-order valence-corrected chi connectivity index (χ2v) is 18.1. The Bertz CT molecular complexity index is 794. The van der Waals surface area contributed by atoms with Crippen LogP contribution < -0.4 is 0 Å². The number of halogens is 6. The molecule has 0 bridgehead atoms. The molecule has 114 valence electrons. The van der Waals surface area contributed by atoms with Crippen LogP contribution in [-0.4, -0.2) is 9.97 Å². The summed E-state index contributed by atoms with van der Waals surface area (Å²) >= 11 is 21.1. The Hall–Kier alpha value is 0.920. The first-order valence-electron chi connectivity index (χ1n) is 6.01. The van der Waals surface area contributed by atoms with E-state index in [1.54, 1.807) is 0 Å². The molecule has 0 saturated carbocycles. The van der Waals surface area contributed by atoms with Crippen molar-refractivity contribution in [3.05, 3.63) is 47.8 Å². The lowest BCUT2D eigenvalue weighted by Gasteiger charge is -2.15. The Balaban J connectivity index is 2.36. The summed E-state index contributed by atoms with van der Waals surface area (Å²) in [6.45, 7) is 0. The van der Waals surface area contributed by atoms with Crippen molar-refractivity contribution in [2.45, 2.75) is 4.29 Å². The molecule has 2 heterocycles. The second kappa shape index (κ2) is 6.33. The van der Waals surface area contributed by atoms with Gasteiger partial charge in [0.1, 0.15) is 0 Å². The van der Waals surface area contributed by atoms with E-state index in [1.165, 1.54) is 0 Å². The SMILES string of the molecule is BrC(Br)(Br)c1ccc2ccc3ccc(C(Br)(Br)Br)nc3c2n1. The van der Waals surface area contributed by atoms with Crippen molar-refractivity contribution in [1.82, 2.24) is 9.97 Å². The van der Waals surface area contributed by atoms with Gasteiger partial charge in [0.25, 0.3) is 0 Å². The van der Waals surface area contributed by atoms with Gasteiger partial charge in [-0.05, 0) is 12.1 Å². The van der Waals surface area contributed by atoms with Crippen LogP contribution in [0.25, 0.3) is 21.8 Å². The number of benzene rings is 1. The van der Waals surface area contributed by atoms with Crippen molar-refractivity contribution in [2.24, 2.45) is 0 Å². The van der Waals surface area contributed by atoms with Crippen LogP contribution >= 0.6 is 95.6 Å².